The Balaban J connectivity index is 1.50. The Morgan fingerprint density at radius 2 is 2.04 bits per heavy atom. The van der Waals surface area contributed by atoms with Crippen molar-refractivity contribution in [2.45, 2.75) is 43.9 Å². The lowest BCUT2D eigenvalue weighted by Crippen LogP contribution is -2.41. The number of fused-ring (bicyclic) bond motifs is 1. The Hall–Kier alpha value is -2.10. The molecular formula is C15H15F3O7. The predicted octanol–water partition coefficient (Wildman–Crippen LogP) is 0.909. The van der Waals surface area contributed by atoms with Gasteiger partial charge in [0.2, 0.25) is 0 Å². The van der Waals surface area contributed by atoms with Gasteiger partial charge in [-0.3, -0.25) is 9.59 Å². The fraction of sp³-hybridized carbons (Fsp3) is 0.667. The summed E-state index contributed by atoms with van der Waals surface area (Å²) in [6, 6.07) is 0. The second kappa shape index (κ2) is 6.01. The lowest BCUT2D eigenvalue weighted by molar-refractivity contribution is -0.167. The molecule has 3 fully saturated rings. The Kier molecular flexibility index (Phi) is 4.26. The van der Waals surface area contributed by atoms with Crippen molar-refractivity contribution in [1.29, 1.82) is 0 Å². The number of ether oxygens (including phenoxy) is 4. The first-order valence-corrected chi connectivity index (χ1v) is 7.59. The van der Waals surface area contributed by atoms with E-state index in [0.29, 0.717) is 6.42 Å². The summed E-state index contributed by atoms with van der Waals surface area (Å²) in [5.41, 5.74) is -1.65. The van der Waals surface area contributed by atoms with Crippen molar-refractivity contribution < 1.29 is 46.5 Å². The van der Waals surface area contributed by atoms with Crippen molar-refractivity contribution in [3.8, 4) is 0 Å². The first-order valence-electron chi connectivity index (χ1n) is 7.59. The molecule has 0 radical (unpaired) electrons. The highest BCUT2D eigenvalue weighted by Gasteiger charge is 2.65. The molecule has 0 saturated carbocycles. The summed E-state index contributed by atoms with van der Waals surface area (Å²) in [7, 11) is 0. The van der Waals surface area contributed by atoms with Crippen LogP contribution in [0.15, 0.2) is 12.2 Å². The maximum atomic E-state index is 12.3. The second-order valence-corrected chi connectivity index (χ2v) is 6.26. The van der Waals surface area contributed by atoms with Gasteiger partial charge in [0.25, 0.3) is 0 Å². The van der Waals surface area contributed by atoms with Gasteiger partial charge in [-0.25, -0.2) is 4.79 Å². The molecule has 5 unspecified atom stereocenters. The van der Waals surface area contributed by atoms with Crippen molar-refractivity contribution in [2.75, 3.05) is 6.61 Å². The molecule has 3 aliphatic heterocycles. The first kappa shape index (κ1) is 17.7. The van der Waals surface area contributed by atoms with Crippen LogP contribution in [0, 0.1) is 11.8 Å². The molecule has 10 heteroatoms. The zero-order chi connectivity index (χ0) is 18.5. The molecule has 0 spiro atoms. The van der Waals surface area contributed by atoms with Gasteiger partial charge in [0, 0.05) is 0 Å². The van der Waals surface area contributed by atoms with E-state index in [9.17, 15) is 27.6 Å². The molecule has 0 aromatic heterocycles. The van der Waals surface area contributed by atoms with E-state index in [1.165, 1.54) is 6.92 Å². The summed E-state index contributed by atoms with van der Waals surface area (Å²) >= 11 is 0. The first-order chi connectivity index (χ1) is 11.6. The van der Waals surface area contributed by atoms with Crippen molar-refractivity contribution in [3.63, 3.8) is 0 Å². The number of carbonyl (C=O) groups is 3. The van der Waals surface area contributed by atoms with Crippen LogP contribution in [0.2, 0.25) is 0 Å². The number of esters is 3. The fourth-order valence-corrected chi connectivity index (χ4v) is 3.10. The lowest BCUT2D eigenvalue weighted by atomic mass is 9.88. The van der Waals surface area contributed by atoms with Gasteiger partial charge in [0.1, 0.15) is 18.3 Å². The summed E-state index contributed by atoms with van der Waals surface area (Å²) < 4.78 is 57.3. The smallest absolute Gasteiger partial charge is 0.422 e. The van der Waals surface area contributed by atoms with Crippen LogP contribution in [0.3, 0.4) is 0 Å². The van der Waals surface area contributed by atoms with Crippen LogP contribution >= 0.6 is 0 Å². The monoisotopic (exact) mass is 364 g/mol. The van der Waals surface area contributed by atoms with E-state index in [0.717, 1.165) is 0 Å². The van der Waals surface area contributed by atoms with E-state index in [-0.39, 0.29) is 11.9 Å². The molecule has 6 atom stereocenters. The minimum Gasteiger partial charge on any atom is -0.461 e. The second-order valence-electron chi connectivity index (χ2n) is 6.26. The molecule has 0 aromatic rings. The highest BCUT2D eigenvalue weighted by Crippen LogP contribution is 2.47. The zero-order valence-corrected chi connectivity index (χ0v) is 13.1. The number of rotatable bonds is 5. The third-order valence-electron chi connectivity index (χ3n) is 4.49. The quantitative estimate of drug-likeness (QED) is 0.407. The average Bonchev–Trinajstić information content (AvgIpc) is 3.15. The van der Waals surface area contributed by atoms with Crippen LogP contribution in [0.4, 0.5) is 13.2 Å². The van der Waals surface area contributed by atoms with Crippen molar-refractivity contribution in [3.05, 3.63) is 12.2 Å². The Morgan fingerprint density at radius 3 is 2.68 bits per heavy atom. The maximum Gasteiger partial charge on any atom is 0.422 e. The number of carbonyl (C=O) groups excluding carboxylic acids is 3. The summed E-state index contributed by atoms with van der Waals surface area (Å²) in [4.78, 5) is 34.9. The SMILES string of the molecule is C=C(C(=O)OCC(C)C(=O)OC1C2OC(=O)C3C[C@@H]1OC32)C(F)(F)F. The molecule has 3 aliphatic rings. The van der Waals surface area contributed by atoms with Gasteiger partial charge >= 0.3 is 24.1 Å². The van der Waals surface area contributed by atoms with E-state index in [1.807, 2.05) is 0 Å². The van der Waals surface area contributed by atoms with Gasteiger partial charge in [-0.05, 0) is 13.3 Å². The molecule has 0 N–H and O–H groups in total. The topological polar surface area (TPSA) is 88.1 Å². The summed E-state index contributed by atoms with van der Waals surface area (Å²) in [6.07, 6.45) is -6.81. The molecule has 0 aromatic carbocycles. The number of alkyl halides is 3. The minimum atomic E-state index is -4.90. The summed E-state index contributed by atoms with van der Waals surface area (Å²) in [5, 5.41) is 0. The van der Waals surface area contributed by atoms with Gasteiger partial charge in [-0.15, -0.1) is 0 Å². The third-order valence-corrected chi connectivity index (χ3v) is 4.49. The largest absolute Gasteiger partial charge is 0.461 e. The van der Waals surface area contributed by atoms with E-state index in [1.54, 1.807) is 0 Å². The lowest BCUT2D eigenvalue weighted by Gasteiger charge is -2.23. The van der Waals surface area contributed by atoms with Crippen LogP contribution in [-0.4, -0.2) is 55.1 Å². The van der Waals surface area contributed by atoms with Gasteiger partial charge < -0.3 is 18.9 Å². The van der Waals surface area contributed by atoms with Gasteiger partial charge in [0.15, 0.2) is 12.2 Å². The maximum absolute atomic E-state index is 12.3. The van der Waals surface area contributed by atoms with Crippen LogP contribution in [0.5, 0.6) is 0 Å². The van der Waals surface area contributed by atoms with E-state index in [4.69, 9.17) is 14.2 Å². The average molecular weight is 364 g/mol. The van der Waals surface area contributed by atoms with Gasteiger partial charge in [0.05, 0.1) is 17.9 Å². The molecule has 3 saturated heterocycles. The van der Waals surface area contributed by atoms with E-state index in [2.05, 4.69) is 11.3 Å². The predicted molar refractivity (Wildman–Crippen MR) is 71.8 cm³/mol. The molecule has 3 heterocycles. The number of hydrogen-bond donors (Lipinski definition) is 0. The number of hydrogen-bond acceptors (Lipinski definition) is 7. The molecular weight excluding hydrogens is 349 g/mol. The molecule has 2 bridgehead atoms. The number of halogens is 3. The fourth-order valence-electron chi connectivity index (χ4n) is 3.10. The molecule has 0 aliphatic carbocycles. The minimum absolute atomic E-state index is 0.336. The summed E-state index contributed by atoms with van der Waals surface area (Å²) in [5.74, 6) is -4.16. The Labute approximate surface area is 140 Å². The molecule has 7 nitrogen and oxygen atoms in total. The Bertz CT molecular complexity index is 629. The van der Waals surface area contributed by atoms with Gasteiger partial charge in [-0.2, -0.15) is 13.2 Å². The highest BCUT2D eigenvalue weighted by molar-refractivity contribution is 5.89. The van der Waals surface area contributed by atoms with Crippen LogP contribution in [-0.2, 0) is 33.3 Å². The van der Waals surface area contributed by atoms with Crippen LogP contribution in [0.1, 0.15) is 13.3 Å². The van der Waals surface area contributed by atoms with Crippen molar-refractivity contribution in [2.24, 2.45) is 11.8 Å². The molecule has 0 amide bonds. The molecule has 25 heavy (non-hydrogen) atoms. The standard InChI is InChI=1S/C15H15F3O7/c1-5(4-22-13(20)6(2)15(16,17)18)12(19)24-10-8-3-7-9(23-8)11(10)25-14(7)21/h5,7-11H,2-4H2,1H3/t5?,7?,8-,9?,10?,11?/m0/s1. The van der Waals surface area contributed by atoms with Crippen LogP contribution < -0.4 is 0 Å². The van der Waals surface area contributed by atoms with E-state index >= 15 is 0 Å². The zero-order valence-electron chi connectivity index (χ0n) is 13.1. The van der Waals surface area contributed by atoms with Crippen LogP contribution in [0.25, 0.3) is 0 Å². The van der Waals surface area contributed by atoms with Crippen molar-refractivity contribution >= 4 is 17.9 Å². The third kappa shape index (κ3) is 3.10. The van der Waals surface area contributed by atoms with E-state index < -0.39 is 60.6 Å². The van der Waals surface area contributed by atoms with Crippen molar-refractivity contribution in [1.82, 2.24) is 0 Å². The normalized spacial score (nSPS) is 33.8. The molecule has 3 rings (SSSR count). The Morgan fingerprint density at radius 1 is 1.36 bits per heavy atom. The van der Waals surface area contributed by atoms with Gasteiger partial charge in [-0.1, -0.05) is 6.58 Å². The highest BCUT2D eigenvalue weighted by atomic mass is 19.4. The molecule has 138 valence electrons. The summed E-state index contributed by atoms with van der Waals surface area (Å²) in [6.45, 7) is 3.35.